The first-order valence-corrected chi connectivity index (χ1v) is 7.37. The molecular formula is C18H19FN2O2. The number of halogens is 1. The van der Waals surface area contributed by atoms with Gasteiger partial charge in [-0.3, -0.25) is 9.59 Å². The third kappa shape index (κ3) is 4.64. The third-order valence-corrected chi connectivity index (χ3v) is 3.49. The molecule has 0 aliphatic rings. The minimum atomic E-state index is -0.342. The molecule has 2 aromatic carbocycles. The lowest BCUT2D eigenvalue weighted by Gasteiger charge is -2.10. The summed E-state index contributed by atoms with van der Waals surface area (Å²) in [5.74, 6) is -0.773. The van der Waals surface area contributed by atoms with Gasteiger partial charge in [0.15, 0.2) is 0 Å². The fourth-order valence-electron chi connectivity index (χ4n) is 2.19. The van der Waals surface area contributed by atoms with Gasteiger partial charge in [0.05, 0.1) is 0 Å². The third-order valence-electron chi connectivity index (χ3n) is 3.49. The number of nitrogens with one attached hydrogen (secondary N) is 2. The first kappa shape index (κ1) is 16.7. The number of carbonyl (C=O) groups is 2. The van der Waals surface area contributed by atoms with Crippen LogP contribution in [0.15, 0.2) is 42.5 Å². The Hall–Kier alpha value is -2.69. The monoisotopic (exact) mass is 314 g/mol. The maximum atomic E-state index is 13.0. The highest BCUT2D eigenvalue weighted by Gasteiger charge is 2.09. The highest BCUT2D eigenvalue weighted by atomic mass is 19.1. The van der Waals surface area contributed by atoms with E-state index < -0.39 is 0 Å². The maximum absolute atomic E-state index is 13.0. The Bertz CT molecular complexity index is 729. The highest BCUT2D eigenvalue weighted by molar-refractivity contribution is 5.96. The summed E-state index contributed by atoms with van der Waals surface area (Å²) >= 11 is 0. The Balaban J connectivity index is 1.83. The molecule has 0 unspecified atom stereocenters. The zero-order valence-corrected chi connectivity index (χ0v) is 13.2. The normalized spacial score (nSPS) is 10.2. The molecule has 0 aromatic heterocycles. The van der Waals surface area contributed by atoms with Gasteiger partial charge in [0, 0.05) is 24.2 Å². The van der Waals surface area contributed by atoms with Gasteiger partial charge in [-0.15, -0.1) is 0 Å². The maximum Gasteiger partial charge on any atom is 0.251 e. The summed E-state index contributed by atoms with van der Waals surface area (Å²) in [4.78, 5) is 23.9. The molecule has 5 heteroatoms. The van der Waals surface area contributed by atoms with Crippen LogP contribution in [-0.4, -0.2) is 18.4 Å². The van der Waals surface area contributed by atoms with Gasteiger partial charge in [0.2, 0.25) is 5.91 Å². The molecule has 0 fully saturated rings. The lowest BCUT2D eigenvalue weighted by atomic mass is 10.1. The Kier molecular flexibility index (Phi) is 5.46. The van der Waals surface area contributed by atoms with E-state index >= 15 is 0 Å². The average molecular weight is 314 g/mol. The van der Waals surface area contributed by atoms with Crippen molar-refractivity contribution in [3.05, 3.63) is 65.0 Å². The van der Waals surface area contributed by atoms with Gasteiger partial charge in [0.1, 0.15) is 5.82 Å². The second-order valence-corrected chi connectivity index (χ2v) is 5.33. The second-order valence-electron chi connectivity index (χ2n) is 5.33. The zero-order valence-electron chi connectivity index (χ0n) is 13.2. The number of hydrogen-bond acceptors (Lipinski definition) is 2. The fourth-order valence-corrected chi connectivity index (χ4v) is 2.19. The summed E-state index contributed by atoms with van der Waals surface area (Å²) in [6.45, 7) is 3.82. The molecule has 0 saturated carbocycles. The van der Waals surface area contributed by atoms with Crippen LogP contribution in [0, 0.1) is 19.7 Å². The van der Waals surface area contributed by atoms with Gasteiger partial charge >= 0.3 is 0 Å². The van der Waals surface area contributed by atoms with Crippen molar-refractivity contribution in [1.29, 1.82) is 0 Å². The van der Waals surface area contributed by atoms with Crippen LogP contribution in [0.4, 0.5) is 10.1 Å². The van der Waals surface area contributed by atoms with Crippen molar-refractivity contribution >= 4 is 17.5 Å². The van der Waals surface area contributed by atoms with Gasteiger partial charge in [0.25, 0.3) is 5.91 Å². The number of aryl methyl sites for hydroxylation is 2. The predicted molar refractivity (Wildman–Crippen MR) is 87.9 cm³/mol. The molecule has 0 bridgehead atoms. The van der Waals surface area contributed by atoms with Crippen molar-refractivity contribution < 1.29 is 14.0 Å². The molecule has 4 nitrogen and oxygen atoms in total. The lowest BCUT2D eigenvalue weighted by molar-refractivity contribution is -0.116. The van der Waals surface area contributed by atoms with E-state index in [0.717, 1.165) is 5.56 Å². The van der Waals surface area contributed by atoms with Crippen LogP contribution in [0.5, 0.6) is 0 Å². The van der Waals surface area contributed by atoms with Crippen LogP contribution in [0.3, 0.4) is 0 Å². The summed E-state index contributed by atoms with van der Waals surface area (Å²) in [6, 6.07) is 11.4. The number of amides is 2. The number of carbonyl (C=O) groups excluding carboxylic acids is 2. The SMILES string of the molecule is Cc1cc(F)ccc1NC(=O)CCNC(=O)c1ccccc1C. The molecule has 0 heterocycles. The molecule has 2 amide bonds. The fraction of sp³-hybridized carbons (Fsp3) is 0.222. The van der Waals surface area contributed by atoms with Crippen molar-refractivity contribution in [2.24, 2.45) is 0 Å². The molecule has 2 rings (SSSR count). The lowest BCUT2D eigenvalue weighted by Crippen LogP contribution is -2.28. The zero-order chi connectivity index (χ0) is 16.8. The minimum Gasteiger partial charge on any atom is -0.352 e. The van der Waals surface area contributed by atoms with Crippen molar-refractivity contribution in [2.75, 3.05) is 11.9 Å². The van der Waals surface area contributed by atoms with Crippen LogP contribution in [0.25, 0.3) is 0 Å². The van der Waals surface area contributed by atoms with Crippen molar-refractivity contribution in [2.45, 2.75) is 20.3 Å². The van der Waals surface area contributed by atoms with E-state index in [4.69, 9.17) is 0 Å². The Morgan fingerprint density at radius 3 is 2.48 bits per heavy atom. The molecule has 23 heavy (non-hydrogen) atoms. The molecular weight excluding hydrogens is 295 g/mol. The molecule has 0 aliphatic carbocycles. The molecule has 0 aliphatic heterocycles. The largest absolute Gasteiger partial charge is 0.352 e. The van der Waals surface area contributed by atoms with Crippen LogP contribution in [0.2, 0.25) is 0 Å². The van der Waals surface area contributed by atoms with E-state index in [0.29, 0.717) is 16.8 Å². The minimum absolute atomic E-state index is 0.147. The molecule has 2 N–H and O–H groups in total. The van der Waals surface area contributed by atoms with E-state index in [1.54, 1.807) is 19.1 Å². The van der Waals surface area contributed by atoms with E-state index in [1.807, 2.05) is 19.1 Å². The highest BCUT2D eigenvalue weighted by Crippen LogP contribution is 2.15. The van der Waals surface area contributed by atoms with Gasteiger partial charge in [-0.1, -0.05) is 18.2 Å². The van der Waals surface area contributed by atoms with E-state index in [9.17, 15) is 14.0 Å². The van der Waals surface area contributed by atoms with Crippen LogP contribution in [0.1, 0.15) is 27.9 Å². The summed E-state index contributed by atoms with van der Waals surface area (Å²) in [7, 11) is 0. The van der Waals surface area contributed by atoms with Crippen LogP contribution < -0.4 is 10.6 Å². The van der Waals surface area contributed by atoms with Gasteiger partial charge in [-0.25, -0.2) is 4.39 Å². The predicted octanol–water partition coefficient (Wildman–Crippen LogP) is 3.20. The van der Waals surface area contributed by atoms with Crippen LogP contribution >= 0.6 is 0 Å². The van der Waals surface area contributed by atoms with Crippen molar-refractivity contribution in [3.8, 4) is 0 Å². The molecule has 0 spiro atoms. The number of rotatable bonds is 5. The average Bonchev–Trinajstić information content (AvgIpc) is 2.50. The summed E-state index contributed by atoms with van der Waals surface area (Å²) in [5, 5.41) is 5.43. The number of hydrogen-bond donors (Lipinski definition) is 2. The molecule has 0 atom stereocenters. The van der Waals surface area contributed by atoms with Gasteiger partial charge in [-0.05, 0) is 49.2 Å². The first-order chi connectivity index (χ1) is 11.0. The first-order valence-electron chi connectivity index (χ1n) is 7.37. The van der Waals surface area contributed by atoms with Crippen LogP contribution in [-0.2, 0) is 4.79 Å². The van der Waals surface area contributed by atoms with E-state index in [2.05, 4.69) is 10.6 Å². The Morgan fingerprint density at radius 2 is 1.78 bits per heavy atom. The van der Waals surface area contributed by atoms with Crippen molar-refractivity contribution in [3.63, 3.8) is 0 Å². The van der Waals surface area contributed by atoms with Crippen molar-refractivity contribution in [1.82, 2.24) is 5.32 Å². The number of anilines is 1. The Morgan fingerprint density at radius 1 is 1.04 bits per heavy atom. The number of benzene rings is 2. The summed E-state index contributed by atoms with van der Waals surface area (Å²) in [5.41, 5.74) is 2.71. The molecule has 120 valence electrons. The standard InChI is InChI=1S/C18H19FN2O2/c1-12-5-3-4-6-15(12)18(23)20-10-9-17(22)21-16-8-7-14(19)11-13(16)2/h3-8,11H,9-10H2,1-2H3,(H,20,23)(H,21,22). The summed E-state index contributed by atoms with van der Waals surface area (Å²) in [6.07, 6.45) is 0.147. The smallest absolute Gasteiger partial charge is 0.251 e. The second kappa shape index (κ2) is 7.54. The molecule has 0 saturated heterocycles. The van der Waals surface area contributed by atoms with Gasteiger partial charge < -0.3 is 10.6 Å². The topological polar surface area (TPSA) is 58.2 Å². The molecule has 2 aromatic rings. The molecule has 0 radical (unpaired) electrons. The van der Waals surface area contributed by atoms with E-state index in [-0.39, 0.29) is 30.6 Å². The summed E-state index contributed by atoms with van der Waals surface area (Å²) < 4.78 is 13.0. The Labute approximate surface area is 134 Å². The van der Waals surface area contributed by atoms with Gasteiger partial charge in [-0.2, -0.15) is 0 Å². The van der Waals surface area contributed by atoms with E-state index in [1.165, 1.54) is 18.2 Å². The quantitative estimate of drug-likeness (QED) is 0.890.